The fraction of sp³-hybridized carbons (Fsp3) is 0.529. The van der Waals surface area contributed by atoms with Crippen molar-refractivity contribution in [1.82, 2.24) is 9.80 Å². The Morgan fingerprint density at radius 2 is 2.14 bits per heavy atom. The molecule has 0 aliphatic carbocycles. The molecule has 0 amide bonds. The zero-order chi connectivity index (χ0) is 14.8. The van der Waals surface area contributed by atoms with Gasteiger partial charge in [0, 0.05) is 37.6 Å². The first kappa shape index (κ1) is 14.6. The van der Waals surface area contributed by atoms with Gasteiger partial charge in [-0.3, -0.25) is 9.80 Å². The molecular formula is C17H25N3O. The highest BCUT2D eigenvalue weighted by Gasteiger charge is 2.29. The van der Waals surface area contributed by atoms with Crippen molar-refractivity contribution in [3.63, 3.8) is 0 Å². The van der Waals surface area contributed by atoms with Gasteiger partial charge in [0.05, 0.1) is 6.04 Å². The summed E-state index contributed by atoms with van der Waals surface area (Å²) in [5.41, 5.74) is 7.00. The molecule has 0 bridgehead atoms. The number of hydrogen-bond acceptors (Lipinski definition) is 4. The molecule has 2 unspecified atom stereocenters. The van der Waals surface area contributed by atoms with Crippen molar-refractivity contribution in [1.29, 1.82) is 0 Å². The number of benzene rings is 1. The van der Waals surface area contributed by atoms with Crippen LogP contribution in [0.2, 0.25) is 0 Å². The number of nitrogens with zero attached hydrogens (tertiary/aromatic N) is 2. The summed E-state index contributed by atoms with van der Waals surface area (Å²) in [7, 11) is 0. The highest BCUT2D eigenvalue weighted by molar-refractivity contribution is 5.77. The standard InChI is InChI=1S/C17H25N3O/c1-3-19-8-9-20(12-13(19)2)15(11-18)17-10-14-6-4-5-7-16(14)21-17/h4-7,10,13,15H,3,8-9,11-12,18H2,1-2H3. The van der Waals surface area contributed by atoms with Gasteiger partial charge < -0.3 is 10.2 Å². The largest absolute Gasteiger partial charge is 0.459 e. The Morgan fingerprint density at radius 3 is 2.81 bits per heavy atom. The number of hydrogen-bond donors (Lipinski definition) is 1. The van der Waals surface area contributed by atoms with E-state index in [0.29, 0.717) is 12.6 Å². The molecule has 1 aliphatic heterocycles. The zero-order valence-corrected chi connectivity index (χ0v) is 13.0. The third kappa shape index (κ3) is 2.84. The Hall–Kier alpha value is -1.36. The van der Waals surface area contributed by atoms with Crippen LogP contribution in [0.15, 0.2) is 34.7 Å². The van der Waals surface area contributed by atoms with Gasteiger partial charge in [-0.25, -0.2) is 0 Å². The third-order valence-electron chi connectivity index (χ3n) is 4.64. The number of furan rings is 1. The first-order chi connectivity index (χ1) is 10.2. The van der Waals surface area contributed by atoms with Crippen LogP contribution < -0.4 is 5.73 Å². The highest BCUT2D eigenvalue weighted by Crippen LogP contribution is 2.28. The summed E-state index contributed by atoms with van der Waals surface area (Å²) >= 11 is 0. The smallest absolute Gasteiger partial charge is 0.134 e. The van der Waals surface area contributed by atoms with Crippen molar-refractivity contribution in [3.8, 4) is 0 Å². The molecule has 1 fully saturated rings. The lowest BCUT2D eigenvalue weighted by molar-refractivity contribution is 0.0546. The molecular weight excluding hydrogens is 262 g/mol. The predicted molar refractivity (Wildman–Crippen MR) is 86.3 cm³/mol. The number of para-hydroxylation sites is 1. The van der Waals surface area contributed by atoms with Crippen LogP contribution in [0.1, 0.15) is 25.6 Å². The van der Waals surface area contributed by atoms with E-state index in [0.717, 1.165) is 42.9 Å². The van der Waals surface area contributed by atoms with Crippen molar-refractivity contribution in [2.24, 2.45) is 5.73 Å². The minimum Gasteiger partial charge on any atom is -0.459 e. The minimum atomic E-state index is 0.179. The van der Waals surface area contributed by atoms with Crippen LogP contribution in [0.3, 0.4) is 0 Å². The maximum absolute atomic E-state index is 6.05. The monoisotopic (exact) mass is 287 g/mol. The zero-order valence-electron chi connectivity index (χ0n) is 13.0. The molecule has 1 aromatic carbocycles. The first-order valence-corrected chi connectivity index (χ1v) is 7.89. The summed E-state index contributed by atoms with van der Waals surface area (Å²) in [5, 5.41) is 1.16. The minimum absolute atomic E-state index is 0.179. The molecule has 2 N–H and O–H groups in total. The van der Waals surface area contributed by atoms with Crippen molar-refractivity contribution in [2.45, 2.75) is 25.9 Å². The summed E-state index contributed by atoms with van der Waals surface area (Å²) < 4.78 is 6.03. The molecule has 1 aliphatic rings. The fourth-order valence-corrected chi connectivity index (χ4v) is 3.39. The third-order valence-corrected chi connectivity index (χ3v) is 4.64. The number of likely N-dealkylation sites (N-methyl/N-ethyl adjacent to an activating group) is 1. The molecule has 0 radical (unpaired) electrons. The molecule has 0 saturated carbocycles. The van der Waals surface area contributed by atoms with Gasteiger partial charge in [-0.05, 0) is 25.6 Å². The van der Waals surface area contributed by atoms with Crippen LogP contribution in [0.5, 0.6) is 0 Å². The molecule has 4 nitrogen and oxygen atoms in total. The molecule has 4 heteroatoms. The van der Waals surface area contributed by atoms with Crippen LogP contribution in [-0.4, -0.2) is 48.6 Å². The molecule has 114 valence electrons. The number of nitrogens with two attached hydrogens (primary N) is 1. The molecule has 3 rings (SSSR count). The maximum Gasteiger partial charge on any atom is 0.134 e. The highest BCUT2D eigenvalue weighted by atomic mass is 16.3. The van der Waals surface area contributed by atoms with Crippen molar-refractivity contribution < 1.29 is 4.42 Å². The summed E-state index contributed by atoms with van der Waals surface area (Å²) in [6.45, 7) is 9.44. The van der Waals surface area contributed by atoms with Crippen molar-refractivity contribution in [3.05, 3.63) is 36.1 Å². The van der Waals surface area contributed by atoms with Crippen LogP contribution in [-0.2, 0) is 0 Å². The van der Waals surface area contributed by atoms with E-state index in [1.807, 2.05) is 18.2 Å². The lowest BCUT2D eigenvalue weighted by atomic mass is 10.1. The van der Waals surface area contributed by atoms with Gasteiger partial charge in [0.25, 0.3) is 0 Å². The van der Waals surface area contributed by atoms with E-state index in [4.69, 9.17) is 10.2 Å². The second kappa shape index (κ2) is 6.18. The molecule has 1 saturated heterocycles. The van der Waals surface area contributed by atoms with E-state index in [9.17, 15) is 0 Å². The Bertz CT molecular complexity index is 561. The van der Waals surface area contributed by atoms with Gasteiger partial charge in [-0.2, -0.15) is 0 Å². The number of piperazine rings is 1. The molecule has 1 aromatic heterocycles. The summed E-state index contributed by atoms with van der Waals surface area (Å²) in [4.78, 5) is 4.98. The lowest BCUT2D eigenvalue weighted by Crippen LogP contribution is -2.53. The Balaban J connectivity index is 1.81. The molecule has 2 atom stereocenters. The van der Waals surface area contributed by atoms with Crippen molar-refractivity contribution in [2.75, 3.05) is 32.7 Å². The van der Waals surface area contributed by atoms with E-state index in [1.165, 1.54) is 0 Å². The van der Waals surface area contributed by atoms with Gasteiger partial charge >= 0.3 is 0 Å². The second-order valence-corrected chi connectivity index (χ2v) is 5.91. The number of rotatable bonds is 4. The maximum atomic E-state index is 6.05. The normalized spacial score (nSPS) is 22.7. The van der Waals surface area contributed by atoms with Crippen LogP contribution in [0, 0.1) is 0 Å². The van der Waals surface area contributed by atoms with Crippen LogP contribution >= 0.6 is 0 Å². The van der Waals surface area contributed by atoms with Gasteiger partial charge in [-0.15, -0.1) is 0 Å². The lowest BCUT2D eigenvalue weighted by Gasteiger charge is -2.42. The quantitative estimate of drug-likeness (QED) is 0.938. The summed E-state index contributed by atoms with van der Waals surface area (Å²) in [5.74, 6) is 0.996. The van der Waals surface area contributed by atoms with Crippen LogP contribution in [0.25, 0.3) is 11.0 Å². The Labute approximate surface area is 126 Å². The summed E-state index contributed by atoms with van der Waals surface area (Å²) in [6, 6.07) is 11.1. The van der Waals surface area contributed by atoms with Crippen molar-refractivity contribution >= 4 is 11.0 Å². The molecule has 0 spiro atoms. The average Bonchev–Trinajstić information content (AvgIpc) is 2.91. The van der Waals surface area contributed by atoms with Gasteiger partial charge in [0.2, 0.25) is 0 Å². The Morgan fingerprint density at radius 1 is 1.33 bits per heavy atom. The van der Waals surface area contributed by atoms with E-state index >= 15 is 0 Å². The SMILES string of the molecule is CCN1CCN(C(CN)c2cc3ccccc3o2)CC1C. The van der Waals surface area contributed by atoms with Gasteiger partial charge in [-0.1, -0.05) is 25.1 Å². The number of fused-ring (bicyclic) bond motifs is 1. The predicted octanol–water partition coefficient (Wildman–Crippen LogP) is 2.46. The second-order valence-electron chi connectivity index (χ2n) is 5.91. The molecule has 2 aromatic rings. The van der Waals surface area contributed by atoms with Gasteiger partial charge in [0.15, 0.2) is 0 Å². The van der Waals surface area contributed by atoms with Gasteiger partial charge in [0.1, 0.15) is 11.3 Å². The van der Waals surface area contributed by atoms with E-state index in [-0.39, 0.29) is 6.04 Å². The first-order valence-electron chi connectivity index (χ1n) is 7.89. The topological polar surface area (TPSA) is 45.6 Å². The Kier molecular flexibility index (Phi) is 4.29. The summed E-state index contributed by atoms with van der Waals surface area (Å²) in [6.07, 6.45) is 0. The van der Waals surface area contributed by atoms with E-state index < -0.39 is 0 Å². The fourth-order valence-electron chi connectivity index (χ4n) is 3.39. The van der Waals surface area contributed by atoms with E-state index in [1.54, 1.807) is 0 Å². The molecule has 21 heavy (non-hydrogen) atoms. The molecule has 2 heterocycles. The van der Waals surface area contributed by atoms with Crippen LogP contribution in [0.4, 0.5) is 0 Å². The van der Waals surface area contributed by atoms with E-state index in [2.05, 4.69) is 35.8 Å². The average molecular weight is 287 g/mol.